The molecule has 0 aromatic carbocycles. The number of nitrogens with zero attached hydrogens (tertiary/aromatic N) is 2. The maximum Gasteiger partial charge on any atom is 0.152 e. The van der Waals surface area contributed by atoms with E-state index >= 15 is 0 Å². The van der Waals surface area contributed by atoms with Crippen molar-refractivity contribution in [2.45, 2.75) is 6.42 Å². The molecule has 1 aliphatic rings. The molecule has 1 fully saturated rings. The minimum atomic E-state index is -2.85. The Morgan fingerprint density at radius 1 is 1.29 bits per heavy atom. The zero-order valence-electron chi connectivity index (χ0n) is 9.89. The van der Waals surface area contributed by atoms with Gasteiger partial charge in [-0.25, -0.2) is 8.42 Å². The maximum atomic E-state index is 11.5. The summed E-state index contributed by atoms with van der Waals surface area (Å²) < 4.78 is 23.0. The highest BCUT2D eigenvalue weighted by atomic mass is 32.2. The van der Waals surface area contributed by atoms with E-state index in [0.29, 0.717) is 18.7 Å². The minimum Gasteiger partial charge on any atom is -0.387 e. The molecule has 0 spiro atoms. The molecule has 1 aliphatic heterocycles. The summed E-state index contributed by atoms with van der Waals surface area (Å²) in [5.74, 6) is 0.527. The summed E-state index contributed by atoms with van der Waals surface area (Å²) >= 11 is 0. The van der Waals surface area contributed by atoms with Crippen LogP contribution in [-0.2, 0) is 9.84 Å². The third-order valence-corrected chi connectivity index (χ3v) is 4.65. The Morgan fingerprint density at radius 2 is 2.12 bits per heavy atom. The molecule has 17 heavy (non-hydrogen) atoms. The van der Waals surface area contributed by atoms with Gasteiger partial charge in [-0.2, -0.15) is 0 Å². The number of nitrogens with one attached hydrogen (secondary N) is 1. The lowest BCUT2D eigenvalue weighted by molar-refractivity contribution is 0.597. The molecule has 0 aliphatic carbocycles. The third-order valence-electron chi connectivity index (χ3n) is 2.93. The molecule has 0 amide bonds. The minimum absolute atomic E-state index is 0.233. The van der Waals surface area contributed by atoms with Gasteiger partial charge in [-0.1, -0.05) is 0 Å². The van der Waals surface area contributed by atoms with Crippen LogP contribution < -0.4 is 10.2 Å². The van der Waals surface area contributed by atoms with Crippen molar-refractivity contribution in [2.75, 3.05) is 41.9 Å². The lowest BCUT2D eigenvalue weighted by Gasteiger charge is -2.22. The topological polar surface area (TPSA) is 62.3 Å². The van der Waals surface area contributed by atoms with Gasteiger partial charge in [0.1, 0.15) is 0 Å². The van der Waals surface area contributed by atoms with Gasteiger partial charge in [0.2, 0.25) is 0 Å². The molecule has 6 heteroatoms. The van der Waals surface area contributed by atoms with Crippen LogP contribution in [0.25, 0.3) is 0 Å². The van der Waals surface area contributed by atoms with Crippen molar-refractivity contribution in [3.63, 3.8) is 0 Å². The van der Waals surface area contributed by atoms with Crippen LogP contribution >= 0.6 is 0 Å². The second kappa shape index (κ2) is 4.91. The monoisotopic (exact) mass is 255 g/mol. The molecule has 94 valence electrons. The van der Waals surface area contributed by atoms with Gasteiger partial charge in [-0.3, -0.25) is 4.98 Å². The van der Waals surface area contributed by atoms with Gasteiger partial charge in [0.05, 0.1) is 35.3 Å². The van der Waals surface area contributed by atoms with Gasteiger partial charge in [-0.05, 0) is 12.5 Å². The summed E-state index contributed by atoms with van der Waals surface area (Å²) in [4.78, 5) is 6.23. The van der Waals surface area contributed by atoms with Crippen molar-refractivity contribution < 1.29 is 8.42 Å². The van der Waals surface area contributed by atoms with E-state index in [1.165, 1.54) is 0 Å². The van der Waals surface area contributed by atoms with E-state index in [0.717, 1.165) is 17.9 Å². The van der Waals surface area contributed by atoms with Gasteiger partial charge >= 0.3 is 0 Å². The Morgan fingerprint density at radius 3 is 2.88 bits per heavy atom. The number of aromatic nitrogens is 1. The summed E-state index contributed by atoms with van der Waals surface area (Å²) in [7, 11) is -1.01. The largest absolute Gasteiger partial charge is 0.387 e. The van der Waals surface area contributed by atoms with Crippen molar-refractivity contribution in [1.82, 2.24) is 4.98 Å². The lowest BCUT2D eigenvalue weighted by atomic mass is 10.3. The van der Waals surface area contributed by atoms with Crippen LogP contribution in [0.2, 0.25) is 0 Å². The summed E-state index contributed by atoms with van der Waals surface area (Å²) in [5.41, 5.74) is 1.92. The van der Waals surface area contributed by atoms with E-state index in [-0.39, 0.29) is 5.75 Å². The molecule has 1 saturated heterocycles. The predicted molar refractivity (Wildman–Crippen MR) is 69.3 cm³/mol. The quantitative estimate of drug-likeness (QED) is 0.845. The van der Waals surface area contributed by atoms with E-state index < -0.39 is 9.84 Å². The molecule has 1 N–H and O–H groups in total. The molecule has 0 atom stereocenters. The summed E-state index contributed by atoms with van der Waals surface area (Å²) in [6.07, 6.45) is 4.21. The normalized spacial score (nSPS) is 19.7. The number of hydrogen-bond donors (Lipinski definition) is 1. The fraction of sp³-hybridized carbons (Fsp3) is 0.545. The molecule has 0 saturated carbocycles. The van der Waals surface area contributed by atoms with Crippen LogP contribution in [-0.4, -0.2) is 45.0 Å². The van der Waals surface area contributed by atoms with Crippen molar-refractivity contribution in [1.29, 1.82) is 0 Å². The number of hydrogen-bond acceptors (Lipinski definition) is 5. The first-order chi connectivity index (χ1) is 8.11. The smallest absolute Gasteiger partial charge is 0.152 e. The SMILES string of the molecule is CNc1cncc(N2CCCS(=O)(=O)CC2)c1. The standard InChI is InChI=1S/C11H17N3O2S/c1-12-10-7-11(9-13-8-10)14-3-2-5-17(15,16)6-4-14/h7-9,12H,2-6H2,1H3. The molecule has 0 unspecified atom stereocenters. The number of pyridine rings is 1. The first kappa shape index (κ1) is 12.2. The Kier molecular flexibility index (Phi) is 3.51. The molecule has 5 nitrogen and oxygen atoms in total. The van der Waals surface area contributed by atoms with Gasteiger partial charge in [0.25, 0.3) is 0 Å². The van der Waals surface area contributed by atoms with Crippen molar-refractivity contribution in [3.8, 4) is 0 Å². The number of rotatable bonds is 2. The van der Waals surface area contributed by atoms with Crippen molar-refractivity contribution in [3.05, 3.63) is 18.5 Å². The Bertz CT molecular complexity index is 487. The van der Waals surface area contributed by atoms with Crippen LogP contribution in [0.5, 0.6) is 0 Å². The van der Waals surface area contributed by atoms with Crippen LogP contribution in [0, 0.1) is 0 Å². The Hall–Kier alpha value is -1.30. The second-order valence-corrected chi connectivity index (χ2v) is 6.48. The predicted octanol–water partition coefficient (Wildman–Crippen LogP) is 0.748. The fourth-order valence-corrected chi connectivity index (χ4v) is 3.21. The molecular weight excluding hydrogens is 238 g/mol. The highest BCUT2D eigenvalue weighted by Crippen LogP contribution is 2.19. The van der Waals surface area contributed by atoms with E-state index in [9.17, 15) is 8.42 Å². The van der Waals surface area contributed by atoms with Gasteiger partial charge in [0.15, 0.2) is 9.84 Å². The van der Waals surface area contributed by atoms with Crippen LogP contribution in [0.15, 0.2) is 18.5 Å². The van der Waals surface area contributed by atoms with Gasteiger partial charge in [-0.15, -0.1) is 0 Å². The number of sulfone groups is 1. The first-order valence-corrected chi connectivity index (χ1v) is 7.51. The van der Waals surface area contributed by atoms with Crippen LogP contribution in [0.3, 0.4) is 0 Å². The molecule has 1 aromatic heterocycles. The van der Waals surface area contributed by atoms with Crippen molar-refractivity contribution >= 4 is 21.2 Å². The average molecular weight is 255 g/mol. The summed E-state index contributed by atoms with van der Waals surface area (Å²) in [5, 5.41) is 3.03. The number of anilines is 2. The zero-order valence-corrected chi connectivity index (χ0v) is 10.7. The highest BCUT2D eigenvalue weighted by Gasteiger charge is 2.19. The van der Waals surface area contributed by atoms with Crippen LogP contribution in [0.4, 0.5) is 11.4 Å². The van der Waals surface area contributed by atoms with E-state index in [1.807, 2.05) is 13.1 Å². The van der Waals surface area contributed by atoms with E-state index in [4.69, 9.17) is 0 Å². The van der Waals surface area contributed by atoms with E-state index in [1.54, 1.807) is 12.4 Å². The van der Waals surface area contributed by atoms with Crippen molar-refractivity contribution in [2.24, 2.45) is 0 Å². The third kappa shape index (κ3) is 3.09. The molecule has 2 heterocycles. The molecular formula is C11H17N3O2S. The molecule has 0 radical (unpaired) electrons. The summed E-state index contributed by atoms with van der Waals surface area (Å²) in [6.45, 7) is 1.32. The molecule has 0 bridgehead atoms. The lowest BCUT2D eigenvalue weighted by Crippen LogP contribution is -2.26. The van der Waals surface area contributed by atoms with Crippen LogP contribution in [0.1, 0.15) is 6.42 Å². The van der Waals surface area contributed by atoms with E-state index in [2.05, 4.69) is 15.2 Å². The Labute approximate surface area is 102 Å². The average Bonchev–Trinajstić information content (AvgIpc) is 2.50. The molecule has 2 rings (SSSR count). The second-order valence-electron chi connectivity index (χ2n) is 4.17. The maximum absolute atomic E-state index is 11.5. The Balaban J connectivity index is 2.16. The fourth-order valence-electron chi connectivity index (χ4n) is 1.93. The van der Waals surface area contributed by atoms with Gasteiger partial charge in [0, 0.05) is 20.1 Å². The highest BCUT2D eigenvalue weighted by molar-refractivity contribution is 7.91. The van der Waals surface area contributed by atoms with Gasteiger partial charge < -0.3 is 10.2 Å². The summed E-state index contributed by atoms with van der Waals surface area (Å²) in [6, 6.07) is 1.99. The first-order valence-electron chi connectivity index (χ1n) is 5.69. The molecule has 1 aromatic rings. The zero-order chi connectivity index (χ0) is 12.3.